The first-order chi connectivity index (χ1) is 13.8. The maximum atomic E-state index is 4.60. The molecule has 2 heterocycles. The zero-order chi connectivity index (χ0) is 19.3. The van der Waals surface area contributed by atoms with E-state index in [1.165, 1.54) is 18.4 Å². The maximum Gasteiger partial charge on any atom is 0.0886 e. The lowest BCUT2D eigenvalue weighted by molar-refractivity contribution is 0.287. The van der Waals surface area contributed by atoms with Crippen LogP contribution in [0.4, 0.5) is 0 Å². The second-order valence-electron chi connectivity index (χ2n) is 7.29. The van der Waals surface area contributed by atoms with Gasteiger partial charge in [-0.3, -0.25) is 15.0 Å². The van der Waals surface area contributed by atoms with Crippen LogP contribution in [0.5, 0.6) is 0 Å². The van der Waals surface area contributed by atoms with Gasteiger partial charge in [-0.25, -0.2) is 0 Å². The van der Waals surface area contributed by atoms with Crippen molar-refractivity contribution in [3.63, 3.8) is 0 Å². The van der Waals surface area contributed by atoms with Crippen LogP contribution in [0.25, 0.3) is 22.5 Å². The lowest BCUT2D eigenvalue weighted by atomic mass is 10.0. The summed E-state index contributed by atoms with van der Waals surface area (Å²) in [6.07, 6.45) is 15.2. The number of nitrogens with zero attached hydrogens (tertiary/aromatic N) is 4. The van der Waals surface area contributed by atoms with E-state index < -0.39 is 0 Å². The number of rotatable bonds is 7. The predicted molar refractivity (Wildman–Crippen MR) is 113 cm³/mol. The Kier molecular flexibility index (Phi) is 5.47. The fraction of sp³-hybridized carbons (Fsp3) is 0.292. The standard InChI is InChI=1S/C24H26N4/c1-3-4-14-28(22-8-9-22)18(2)19-6-5-7-20(15-19)23-16-21(10-11-26-23)24-17-25-12-13-27-24/h4-7,10-18,22H,3,8-9H2,1-2H3/b14-4-. The van der Waals surface area contributed by atoms with E-state index in [1.807, 2.05) is 12.3 Å². The van der Waals surface area contributed by atoms with E-state index in [2.05, 4.69) is 76.3 Å². The van der Waals surface area contributed by atoms with E-state index >= 15 is 0 Å². The molecule has 0 aliphatic heterocycles. The first kappa shape index (κ1) is 18.4. The van der Waals surface area contributed by atoms with Gasteiger partial charge >= 0.3 is 0 Å². The molecule has 0 N–H and O–H groups in total. The molecule has 28 heavy (non-hydrogen) atoms. The average molecular weight is 370 g/mol. The molecule has 1 aromatic carbocycles. The summed E-state index contributed by atoms with van der Waals surface area (Å²) in [7, 11) is 0. The van der Waals surface area contributed by atoms with Crippen LogP contribution >= 0.6 is 0 Å². The Balaban J connectivity index is 1.63. The van der Waals surface area contributed by atoms with Gasteiger partial charge in [0.25, 0.3) is 0 Å². The summed E-state index contributed by atoms with van der Waals surface area (Å²) in [6.45, 7) is 4.48. The van der Waals surface area contributed by atoms with Crippen molar-refractivity contribution in [2.24, 2.45) is 0 Å². The molecule has 0 bridgehead atoms. The summed E-state index contributed by atoms with van der Waals surface area (Å²) in [4.78, 5) is 15.7. The maximum absolute atomic E-state index is 4.60. The summed E-state index contributed by atoms with van der Waals surface area (Å²) >= 11 is 0. The third-order valence-corrected chi connectivity index (χ3v) is 5.21. The van der Waals surface area contributed by atoms with Crippen molar-refractivity contribution < 1.29 is 0 Å². The van der Waals surface area contributed by atoms with Gasteiger partial charge in [0.15, 0.2) is 0 Å². The Hall–Kier alpha value is -3.01. The number of aromatic nitrogens is 3. The summed E-state index contributed by atoms with van der Waals surface area (Å²) < 4.78 is 0. The second-order valence-corrected chi connectivity index (χ2v) is 7.29. The minimum Gasteiger partial charge on any atom is -0.368 e. The molecule has 1 aliphatic rings. The van der Waals surface area contributed by atoms with Gasteiger partial charge in [0.2, 0.25) is 0 Å². The molecule has 4 heteroatoms. The van der Waals surface area contributed by atoms with Crippen molar-refractivity contribution in [3.05, 3.63) is 79.0 Å². The first-order valence-corrected chi connectivity index (χ1v) is 10.0. The highest BCUT2D eigenvalue weighted by molar-refractivity contribution is 5.68. The Labute approximate surface area is 167 Å². The van der Waals surface area contributed by atoms with Crippen LogP contribution in [0.3, 0.4) is 0 Å². The third kappa shape index (κ3) is 4.11. The number of hydrogen-bond acceptors (Lipinski definition) is 4. The molecule has 4 rings (SSSR count). The van der Waals surface area contributed by atoms with E-state index in [0.717, 1.165) is 28.9 Å². The lowest BCUT2D eigenvalue weighted by Gasteiger charge is -2.28. The van der Waals surface area contributed by atoms with E-state index in [4.69, 9.17) is 0 Å². The minimum absolute atomic E-state index is 0.346. The molecule has 1 unspecified atom stereocenters. The first-order valence-electron chi connectivity index (χ1n) is 10.0. The topological polar surface area (TPSA) is 41.9 Å². The van der Waals surface area contributed by atoms with Crippen LogP contribution in [0.1, 0.15) is 44.7 Å². The molecule has 0 saturated heterocycles. The van der Waals surface area contributed by atoms with Gasteiger partial charge in [-0.2, -0.15) is 0 Å². The van der Waals surface area contributed by atoms with Crippen molar-refractivity contribution in [2.45, 2.75) is 45.2 Å². The van der Waals surface area contributed by atoms with Gasteiger partial charge in [-0.15, -0.1) is 0 Å². The molecule has 142 valence electrons. The van der Waals surface area contributed by atoms with Gasteiger partial charge in [0, 0.05) is 35.8 Å². The van der Waals surface area contributed by atoms with Crippen LogP contribution in [-0.4, -0.2) is 25.9 Å². The Morgan fingerprint density at radius 2 is 1.86 bits per heavy atom. The molecule has 0 amide bonds. The van der Waals surface area contributed by atoms with Crippen molar-refractivity contribution in [3.8, 4) is 22.5 Å². The van der Waals surface area contributed by atoms with Gasteiger partial charge in [0.05, 0.1) is 23.6 Å². The predicted octanol–water partition coefficient (Wildman–Crippen LogP) is 5.65. The Morgan fingerprint density at radius 3 is 2.61 bits per heavy atom. The van der Waals surface area contributed by atoms with Crippen LogP contribution in [0.2, 0.25) is 0 Å². The van der Waals surface area contributed by atoms with Crippen molar-refractivity contribution in [1.82, 2.24) is 19.9 Å². The third-order valence-electron chi connectivity index (χ3n) is 5.21. The van der Waals surface area contributed by atoms with Crippen molar-refractivity contribution >= 4 is 0 Å². The highest BCUT2D eigenvalue weighted by Crippen LogP contribution is 2.35. The van der Waals surface area contributed by atoms with Crippen molar-refractivity contribution in [2.75, 3.05) is 0 Å². The van der Waals surface area contributed by atoms with Crippen molar-refractivity contribution in [1.29, 1.82) is 0 Å². The molecule has 0 radical (unpaired) electrons. The van der Waals surface area contributed by atoms with E-state index in [-0.39, 0.29) is 0 Å². The Bertz CT molecular complexity index is 948. The van der Waals surface area contributed by atoms with Crippen LogP contribution < -0.4 is 0 Å². The normalized spacial score (nSPS) is 14.9. The summed E-state index contributed by atoms with van der Waals surface area (Å²) in [5, 5.41) is 0. The van der Waals surface area contributed by atoms with Gasteiger partial charge in [-0.1, -0.05) is 31.2 Å². The largest absolute Gasteiger partial charge is 0.368 e. The van der Waals surface area contributed by atoms with Crippen LogP contribution in [0, 0.1) is 0 Å². The van der Waals surface area contributed by atoms with Gasteiger partial charge < -0.3 is 4.90 Å². The number of pyridine rings is 1. The fourth-order valence-electron chi connectivity index (χ4n) is 3.49. The highest BCUT2D eigenvalue weighted by atomic mass is 15.2. The molecule has 3 aromatic rings. The molecule has 1 saturated carbocycles. The zero-order valence-electron chi connectivity index (χ0n) is 16.5. The number of hydrogen-bond donors (Lipinski definition) is 0. The molecule has 1 atom stereocenters. The fourth-order valence-corrected chi connectivity index (χ4v) is 3.49. The molecule has 0 spiro atoms. The molecule has 1 fully saturated rings. The van der Waals surface area contributed by atoms with E-state index in [9.17, 15) is 0 Å². The molecular formula is C24H26N4. The highest BCUT2D eigenvalue weighted by Gasteiger charge is 2.30. The number of benzene rings is 1. The molecule has 4 nitrogen and oxygen atoms in total. The number of allylic oxidation sites excluding steroid dienone is 1. The SMILES string of the molecule is CC/C=C\N(C1CC1)C(C)c1cccc(-c2cc(-c3cnccn3)ccn2)c1. The van der Waals surface area contributed by atoms with Crippen LogP contribution in [-0.2, 0) is 0 Å². The second kappa shape index (κ2) is 8.34. The summed E-state index contributed by atoms with van der Waals surface area (Å²) in [5.74, 6) is 0. The summed E-state index contributed by atoms with van der Waals surface area (Å²) in [6, 6.07) is 13.8. The quantitative estimate of drug-likeness (QED) is 0.538. The molecule has 2 aromatic heterocycles. The summed E-state index contributed by atoms with van der Waals surface area (Å²) in [5.41, 5.74) is 5.30. The van der Waals surface area contributed by atoms with Gasteiger partial charge in [0.1, 0.15) is 0 Å². The molecular weight excluding hydrogens is 344 g/mol. The Morgan fingerprint density at radius 1 is 1.04 bits per heavy atom. The average Bonchev–Trinajstić information content (AvgIpc) is 3.60. The van der Waals surface area contributed by atoms with E-state index in [1.54, 1.807) is 18.6 Å². The zero-order valence-corrected chi connectivity index (χ0v) is 16.5. The van der Waals surface area contributed by atoms with E-state index in [0.29, 0.717) is 12.1 Å². The molecule has 1 aliphatic carbocycles. The smallest absolute Gasteiger partial charge is 0.0886 e. The van der Waals surface area contributed by atoms with Crippen LogP contribution in [0.15, 0.2) is 73.5 Å². The lowest BCUT2D eigenvalue weighted by Crippen LogP contribution is -2.23. The van der Waals surface area contributed by atoms with Gasteiger partial charge in [-0.05, 0) is 56.1 Å². The minimum atomic E-state index is 0.346. The monoisotopic (exact) mass is 370 g/mol.